The fourth-order valence-corrected chi connectivity index (χ4v) is 5.83. The standard InChI is InChI=1S/C25H26F3N5O3S/c1-16-11-17(2)13-19(12-16)24-30-15-32(31-24)14-22(23(29)34)18-3-5-21(6-4-18)37(35,36)33-9-7-20(8-10-33)25(26,27)28/h3-6,11-15,20H,7-10H2,1-2H3,(H2,29,34)/b22-14+. The van der Waals surface area contributed by atoms with E-state index in [4.69, 9.17) is 5.73 Å². The van der Waals surface area contributed by atoms with Crippen LogP contribution in [0.1, 0.15) is 29.5 Å². The summed E-state index contributed by atoms with van der Waals surface area (Å²) in [5.41, 5.74) is 8.93. The first kappa shape index (κ1) is 26.6. The van der Waals surface area contributed by atoms with E-state index in [0.29, 0.717) is 11.4 Å². The number of aryl methyl sites for hydroxylation is 2. The van der Waals surface area contributed by atoms with Crippen molar-refractivity contribution in [1.82, 2.24) is 19.1 Å². The third-order valence-electron chi connectivity index (χ3n) is 6.24. The third kappa shape index (κ3) is 5.91. The molecule has 0 spiro atoms. The summed E-state index contributed by atoms with van der Waals surface area (Å²) in [6.07, 6.45) is -2.07. The molecule has 1 aromatic heterocycles. The lowest BCUT2D eigenvalue weighted by molar-refractivity contribution is -0.182. The van der Waals surface area contributed by atoms with Gasteiger partial charge in [-0.05, 0) is 56.5 Å². The summed E-state index contributed by atoms with van der Waals surface area (Å²) in [6, 6.07) is 11.4. The topological polar surface area (TPSA) is 111 Å². The van der Waals surface area contributed by atoms with E-state index in [1.807, 2.05) is 32.0 Å². The highest BCUT2D eigenvalue weighted by molar-refractivity contribution is 7.89. The van der Waals surface area contributed by atoms with Crippen LogP contribution in [-0.4, -0.2) is 52.7 Å². The van der Waals surface area contributed by atoms with Crippen LogP contribution in [0.4, 0.5) is 13.2 Å². The molecule has 0 radical (unpaired) electrons. The maximum atomic E-state index is 13.0. The van der Waals surface area contributed by atoms with E-state index in [-0.39, 0.29) is 36.4 Å². The molecule has 12 heteroatoms. The summed E-state index contributed by atoms with van der Waals surface area (Å²) >= 11 is 0. The van der Waals surface area contributed by atoms with Gasteiger partial charge >= 0.3 is 6.18 Å². The molecule has 0 aliphatic carbocycles. The van der Waals surface area contributed by atoms with Crippen molar-refractivity contribution in [3.63, 3.8) is 0 Å². The first-order valence-electron chi connectivity index (χ1n) is 11.5. The van der Waals surface area contributed by atoms with Gasteiger partial charge in [0, 0.05) is 24.9 Å². The Morgan fingerprint density at radius 1 is 1.05 bits per heavy atom. The Kier molecular flexibility index (Phi) is 7.24. The number of benzene rings is 2. The highest BCUT2D eigenvalue weighted by Gasteiger charge is 2.43. The number of halogens is 3. The zero-order chi connectivity index (χ0) is 27.0. The molecule has 1 saturated heterocycles. The molecule has 2 N–H and O–H groups in total. The molecule has 0 saturated carbocycles. The molecule has 1 aliphatic heterocycles. The van der Waals surface area contributed by atoms with Crippen LogP contribution in [0.15, 0.2) is 53.7 Å². The van der Waals surface area contributed by atoms with Crippen molar-refractivity contribution in [2.24, 2.45) is 11.7 Å². The normalized spacial score (nSPS) is 16.2. The molecule has 3 aromatic rings. The van der Waals surface area contributed by atoms with Crippen molar-refractivity contribution in [1.29, 1.82) is 0 Å². The lowest BCUT2D eigenvalue weighted by Gasteiger charge is -2.32. The van der Waals surface area contributed by atoms with Crippen molar-refractivity contribution in [2.45, 2.75) is 37.8 Å². The smallest absolute Gasteiger partial charge is 0.366 e. The second kappa shape index (κ2) is 10.1. The molecule has 0 atom stereocenters. The molecule has 2 heterocycles. The largest absolute Gasteiger partial charge is 0.391 e. The van der Waals surface area contributed by atoms with E-state index in [9.17, 15) is 26.4 Å². The van der Waals surface area contributed by atoms with Crippen molar-refractivity contribution >= 4 is 27.7 Å². The van der Waals surface area contributed by atoms with Crippen LogP contribution in [0, 0.1) is 19.8 Å². The van der Waals surface area contributed by atoms with Gasteiger partial charge in [-0.15, -0.1) is 5.10 Å². The van der Waals surface area contributed by atoms with Gasteiger partial charge in [0.2, 0.25) is 10.0 Å². The molecular formula is C25H26F3N5O3S. The van der Waals surface area contributed by atoms with E-state index < -0.39 is 28.0 Å². The molecule has 4 rings (SSSR count). The van der Waals surface area contributed by atoms with Gasteiger partial charge in [0.1, 0.15) is 6.33 Å². The number of nitrogens with two attached hydrogens (primary N) is 1. The zero-order valence-corrected chi connectivity index (χ0v) is 21.1. The Labute approximate surface area is 212 Å². The summed E-state index contributed by atoms with van der Waals surface area (Å²) in [7, 11) is -3.98. The number of primary amides is 1. The molecule has 1 aliphatic rings. The molecule has 37 heavy (non-hydrogen) atoms. The van der Waals surface area contributed by atoms with Gasteiger partial charge in [0.15, 0.2) is 5.82 Å². The maximum absolute atomic E-state index is 13.0. The number of aromatic nitrogens is 3. The number of alkyl halides is 3. The van der Waals surface area contributed by atoms with Crippen molar-refractivity contribution in [3.8, 4) is 11.4 Å². The predicted molar refractivity (Wildman–Crippen MR) is 132 cm³/mol. The number of nitrogens with zero attached hydrogens (tertiary/aromatic N) is 4. The number of carbonyl (C=O) groups excluding carboxylic acids is 1. The van der Waals surface area contributed by atoms with Crippen LogP contribution in [0.3, 0.4) is 0 Å². The summed E-state index contributed by atoms with van der Waals surface area (Å²) in [6.45, 7) is 3.51. The quantitative estimate of drug-likeness (QED) is 0.482. The first-order chi connectivity index (χ1) is 17.3. The molecule has 0 bridgehead atoms. The summed E-state index contributed by atoms with van der Waals surface area (Å²) in [5, 5.41) is 4.39. The SMILES string of the molecule is Cc1cc(C)cc(-c2ncn(/C=C(/C(N)=O)c3ccc(S(=O)(=O)N4CCC(C(F)(F)F)CC4)cc3)n2)c1. The molecule has 1 fully saturated rings. The average molecular weight is 534 g/mol. The molecule has 8 nitrogen and oxygen atoms in total. The molecule has 196 valence electrons. The van der Waals surface area contributed by atoms with Gasteiger partial charge in [-0.1, -0.05) is 29.3 Å². The van der Waals surface area contributed by atoms with Gasteiger partial charge in [-0.3, -0.25) is 4.79 Å². The second-order valence-corrected chi connectivity index (χ2v) is 11.0. The van der Waals surface area contributed by atoms with E-state index in [2.05, 4.69) is 10.1 Å². The Hall–Kier alpha value is -3.51. The van der Waals surface area contributed by atoms with Crippen LogP contribution in [-0.2, 0) is 14.8 Å². The number of hydrogen-bond acceptors (Lipinski definition) is 5. The Balaban J connectivity index is 1.55. The van der Waals surface area contributed by atoms with E-state index >= 15 is 0 Å². The minimum absolute atomic E-state index is 0.0758. The number of piperidine rings is 1. The van der Waals surface area contributed by atoms with Crippen LogP contribution < -0.4 is 5.73 Å². The van der Waals surface area contributed by atoms with Crippen LogP contribution >= 0.6 is 0 Å². The monoisotopic (exact) mass is 533 g/mol. The first-order valence-corrected chi connectivity index (χ1v) is 13.0. The van der Waals surface area contributed by atoms with Gasteiger partial charge in [-0.25, -0.2) is 18.1 Å². The lowest BCUT2D eigenvalue weighted by atomic mass is 9.98. The second-order valence-electron chi connectivity index (χ2n) is 9.08. The van der Waals surface area contributed by atoms with Gasteiger partial charge in [-0.2, -0.15) is 17.5 Å². The van der Waals surface area contributed by atoms with Gasteiger partial charge < -0.3 is 5.73 Å². The van der Waals surface area contributed by atoms with Gasteiger partial charge in [0.25, 0.3) is 5.91 Å². The number of hydrogen-bond donors (Lipinski definition) is 1. The minimum Gasteiger partial charge on any atom is -0.366 e. The van der Waals surface area contributed by atoms with E-state index in [1.165, 1.54) is 41.5 Å². The third-order valence-corrected chi connectivity index (χ3v) is 8.15. The van der Waals surface area contributed by atoms with Crippen molar-refractivity contribution in [2.75, 3.05) is 13.1 Å². The van der Waals surface area contributed by atoms with Crippen molar-refractivity contribution < 1.29 is 26.4 Å². The number of carbonyl (C=O) groups is 1. The van der Waals surface area contributed by atoms with E-state index in [1.54, 1.807) is 0 Å². The average Bonchev–Trinajstić information content (AvgIpc) is 3.30. The number of sulfonamides is 1. The lowest BCUT2D eigenvalue weighted by Crippen LogP contribution is -2.42. The van der Waals surface area contributed by atoms with Crippen LogP contribution in [0.2, 0.25) is 0 Å². The molecule has 1 amide bonds. The maximum Gasteiger partial charge on any atom is 0.391 e. The highest BCUT2D eigenvalue weighted by Crippen LogP contribution is 2.35. The summed E-state index contributed by atoms with van der Waals surface area (Å²) in [4.78, 5) is 16.4. The van der Waals surface area contributed by atoms with Crippen LogP contribution in [0.5, 0.6) is 0 Å². The fraction of sp³-hybridized carbons (Fsp3) is 0.320. The highest BCUT2D eigenvalue weighted by atomic mass is 32.2. The number of rotatable bonds is 6. The van der Waals surface area contributed by atoms with E-state index in [0.717, 1.165) is 21.0 Å². The Morgan fingerprint density at radius 3 is 2.19 bits per heavy atom. The van der Waals surface area contributed by atoms with Crippen LogP contribution in [0.25, 0.3) is 23.2 Å². The number of amides is 1. The Bertz CT molecular complexity index is 1420. The molecular weight excluding hydrogens is 507 g/mol. The van der Waals surface area contributed by atoms with Crippen molar-refractivity contribution in [3.05, 3.63) is 65.5 Å². The molecule has 2 aromatic carbocycles. The molecule has 0 unspecified atom stereocenters. The predicted octanol–water partition coefficient (Wildman–Crippen LogP) is 4.01. The summed E-state index contributed by atoms with van der Waals surface area (Å²) in [5.74, 6) is -1.80. The van der Waals surface area contributed by atoms with Gasteiger partial charge in [0.05, 0.1) is 16.4 Å². The minimum atomic E-state index is -4.33. The zero-order valence-electron chi connectivity index (χ0n) is 20.2. The Morgan fingerprint density at radius 2 is 1.65 bits per heavy atom. The fourth-order valence-electron chi connectivity index (χ4n) is 4.36. The summed E-state index contributed by atoms with van der Waals surface area (Å²) < 4.78 is 67.1.